The topological polar surface area (TPSA) is 64.2 Å². The highest BCUT2D eigenvalue weighted by molar-refractivity contribution is 6.31. The number of amides is 1. The number of halogens is 1. The highest BCUT2D eigenvalue weighted by atomic mass is 35.5. The zero-order valence-corrected chi connectivity index (χ0v) is 10.7. The summed E-state index contributed by atoms with van der Waals surface area (Å²) in [6, 6.07) is 5.14. The van der Waals surface area contributed by atoms with Crippen LogP contribution < -0.4 is 5.73 Å². The molecular weight excluding hydrogens is 252 g/mol. The number of likely N-dealkylation sites (N-methyl/N-ethyl adjacent to an activating group) is 1. The molecule has 1 aromatic heterocycles. The summed E-state index contributed by atoms with van der Waals surface area (Å²) in [6.07, 6.45) is 0.758. The van der Waals surface area contributed by atoms with Gasteiger partial charge in [-0.05, 0) is 24.6 Å². The van der Waals surface area contributed by atoms with E-state index in [1.807, 2.05) is 6.07 Å². The van der Waals surface area contributed by atoms with E-state index in [4.69, 9.17) is 17.3 Å². The van der Waals surface area contributed by atoms with Crippen LogP contribution in [0, 0.1) is 0 Å². The standard InChI is InChI=1S/C12H13ClN4O/c1-16-5-4-10(11(16)18)17-9-3-2-7(13)6-8(9)15-12(17)14/h2-3,6,10H,4-5H2,1H3,(H2,14,15). The third-order valence-electron chi connectivity index (χ3n) is 3.39. The number of anilines is 1. The Bertz CT molecular complexity index is 636. The van der Waals surface area contributed by atoms with Gasteiger partial charge in [-0.3, -0.25) is 9.36 Å². The number of carbonyl (C=O) groups is 1. The van der Waals surface area contributed by atoms with Crippen molar-refractivity contribution in [2.75, 3.05) is 19.3 Å². The molecule has 1 saturated heterocycles. The number of imidazole rings is 1. The molecule has 0 aliphatic carbocycles. The zero-order valence-electron chi connectivity index (χ0n) is 9.93. The third-order valence-corrected chi connectivity index (χ3v) is 3.62. The number of hydrogen-bond acceptors (Lipinski definition) is 3. The third kappa shape index (κ3) is 1.54. The lowest BCUT2D eigenvalue weighted by Crippen LogP contribution is -2.25. The molecule has 1 aromatic carbocycles. The molecule has 1 unspecified atom stereocenters. The van der Waals surface area contributed by atoms with Gasteiger partial charge in [0.05, 0.1) is 11.0 Å². The number of aromatic nitrogens is 2. The molecule has 1 fully saturated rings. The SMILES string of the molecule is CN1CCC(n2c(N)nc3cc(Cl)ccc32)C1=O. The number of nitrogen functional groups attached to an aromatic ring is 1. The average Bonchev–Trinajstić information content (AvgIpc) is 2.80. The fourth-order valence-electron chi connectivity index (χ4n) is 2.46. The van der Waals surface area contributed by atoms with Gasteiger partial charge in [0, 0.05) is 18.6 Å². The lowest BCUT2D eigenvalue weighted by atomic mass is 10.2. The second-order valence-electron chi connectivity index (χ2n) is 4.54. The fourth-order valence-corrected chi connectivity index (χ4v) is 2.63. The summed E-state index contributed by atoms with van der Waals surface area (Å²) in [5.41, 5.74) is 7.51. The Morgan fingerprint density at radius 3 is 2.94 bits per heavy atom. The Morgan fingerprint density at radius 2 is 2.28 bits per heavy atom. The minimum Gasteiger partial charge on any atom is -0.369 e. The molecule has 1 aliphatic heterocycles. The molecule has 2 heterocycles. The first-order valence-corrected chi connectivity index (χ1v) is 6.13. The largest absolute Gasteiger partial charge is 0.369 e. The summed E-state index contributed by atoms with van der Waals surface area (Å²) in [5, 5.41) is 0.613. The maximum atomic E-state index is 12.1. The summed E-state index contributed by atoms with van der Waals surface area (Å²) in [4.78, 5) is 18.0. The van der Waals surface area contributed by atoms with Crippen LogP contribution in [-0.2, 0) is 4.79 Å². The summed E-state index contributed by atoms with van der Waals surface area (Å²) in [7, 11) is 1.80. The van der Waals surface area contributed by atoms with Crippen LogP contribution in [0.15, 0.2) is 18.2 Å². The van der Waals surface area contributed by atoms with Crippen LogP contribution in [0.3, 0.4) is 0 Å². The molecule has 1 aliphatic rings. The summed E-state index contributed by atoms with van der Waals surface area (Å²) in [5.74, 6) is 0.442. The Balaban J connectivity index is 2.17. The molecule has 0 bridgehead atoms. The van der Waals surface area contributed by atoms with Gasteiger partial charge in [-0.2, -0.15) is 0 Å². The molecule has 0 saturated carbocycles. The van der Waals surface area contributed by atoms with Gasteiger partial charge in [-0.1, -0.05) is 11.6 Å². The van der Waals surface area contributed by atoms with Gasteiger partial charge in [0.25, 0.3) is 0 Å². The number of hydrogen-bond donors (Lipinski definition) is 1. The highest BCUT2D eigenvalue weighted by Gasteiger charge is 2.32. The van der Waals surface area contributed by atoms with Crippen molar-refractivity contribution in [3.8, 4) is 0 Å². The lowest BCUT2D eigenvalue weighted by molar-refractivity contribution is -0.129. The van der Waals surface area contributed by atoms with Crippen molar-refractivity contribution in [1.82, 2.24) is 14.5 Å². The Hall–Kier alpha value is -1.75. The Labute approximate surface area is 109 Å². The van der Waals surface area contributed by atoms with Crippen molar-refractivity contribution in [3.05, 3.63) is 23.2 Å². The van der Waals surface area contributed by atoms with Gasteiger partial charge in [-0.25, -0.2) is 4.98 Å². The quantitative estimate of drug-likeness (QED) is 0.852. The molecule has 0 radical (unpaired) electrons. The van der Waals surface area contributed by atoms with Crippen molar-refractivity contribution in [2.45, 2.75) is 12.5 Å². The van der Waals surface area contributed by atoms with Crippen molar-refractivity contribution in [1.29, 1.82) is 0 Å². The van der Waals surface area contributed by atoms with Crippen LogP contribution in [0.1, 0.15) is 12.5 Å². The van der Waals surface area contributed by atoms with Crippen LogP contribution in [0.5, 0.6) is 0 Å². The minimum atomic E-state index is -0.249. The molecule has 5 nitrogen and oxygen atoms in total. The van der Waals surface area contributed by atoms with Crippen LogP contribution >= 0.6 is 11.6 Å². The molecule has 94 valence electrons. The number of likely N-dealkylation sites (tertiary alicyclic amines) is 1. The van der Waals surface area contributed by atoms with Gasteiger partial charge in [0.2, 0.25) is 11.9 Å². The normalized spacial score (nSPS) is 20.0. The fraction of sp³-hybridized carbons (Fsp3) is 0.333. The Morgan fingerprint density at radius 1 is 1.50 bits per heavy atom. The average molecular weight is 265 g/mol. The number of nitrogens with zero attached hydrogens (tertiary/aromatic N) is 3. The number of rotatable bonds is 1. The van der Waals surface area contributed by atoms with Crippen molar-refractivity contribution >= 4 is 34.5 Å². The van der Waals surface area contributed by atoms with E-state index in [-0.39, 0.29) is 11.9 Å². The smallest absolute Gasteiger partial charge is 0.245 e. The second-order valence-corrected chi connectivity index (χ2v) is 4.97. The van der Waals surface area contributed by atoms with Gasteiger partial charge < -0.3 is 10.6 Å². The molecular formula is C12H13ClN4O. The first kappa shape index (κ1) is 11.3. The maximum absolute atomic E-state index is 12.1. The van der Waals surface area contributed by atoms with Crippen LogP contribution in [0.2, 0.25) is 5.02 Å². The predicted octanol–water partition coefficient (Wildman–Crippen LogP) is 1.68. The van der Waals surface area contributed by atoms with E-state index in [9.17, 15) is 4.79 Å². The van der Waals surface area contributed by atoms with Crippen molar-refractivity contribution < 1.29 is 4.79 Å². The number of nitrogens with two attached hydrogens (primary N) is 1. The first-order chi connectivity index (χ1) is 8.58. The summed E-state index contributed by atoms with van der Waals surface area (Å²) in [6.45, 7) is 0.746. The molecule has 2 N–H and O–H groups in total. The monoisotopic (exact) mass is 264 g/mol. The molecule has 3 rings (SSSR count). The summed E-state index contributed by atoms with van der Waals surface area (Å²) >= 11 is 5.93. The molecule has 6 heteroatoms. The molecule has 0 spiro atoms. The van der Waals surface area contributed by atoms with Crippen LogP contribution in [0.25, 0.3) is 11.0 Å². The van der Waals surface area contributed by atoms with E-state index in [1.54, 1.807) is 28.6 Å². The maximum Gasteiger partial charge on any atom is 0.245 e. The van der Waals surface area contributed by atoms with E-state index in [2.05, 4.69) is 4.98 Å². The van der Waals surface area contributed by atoms with Gasteiger partial charge in [-0.15, -0.1) is 0 Å². The van der Waals surface area contributed by atoms with E-state index < -0.39 is 0 Å². The number of benzene rings is 1. The zero-order chi connectivity index (χ0) is 12.9. The van der Waals surface area contributed by atoms with Gasteiger partial charge in [0.15, 0.2) is 0 Å². The molecule has 1 atom stereocenters. The molecule has 2 aromatic rings. The second kappa shape index (κ2) is 3.88. The van der Waals surface area contributed by atoms with E-state index >= 15 is 0 Å². The van der Waals surface area contributed by atoms with E-state index in [0.29, 0.717) is 11.0 Å². The van der Waals surface area contributed by atoms with Crippen molar-refractivity contribution in [2.24, 2.45) is 0 Å². The summed E-state index contributed by atoms with van der Waals surface area (Å²) < 4.78 is 1.80. The van der Waals surface area contributed by atoms with E-state index in [1.165, 1.54) is 0 Å². The van der Waals surface area contributed by atoms with Gasteiger partial charge in [0.1, 0.15) is 6.04 Å². The first-order valence-electron chi connectivity index (χ1n) is 5.76. The molecule has 1 amide bonds. The van der Waals surface area contributed by atoms with Gasteiger partial charge >= 0.3 is 0 Å². The number of fused-ring (bicyclic) bond motifs is 1. The van der Waals surface area contributed by atoms with E-state index in [0.717, 1.165) is 24.0 Å². The van der Waals surface area contributed by atoms with Crippen molar-refractivity contribution in [3.63, 3.8) is 0 Å². The Kier molecular flexibility index (Phi) is 2.45. The molecule has 18 heavy (non-hydrogen) atoms. The van der Waals surface area contributed by atoms with Crippen LogP contribution in [0.4, 0.5) is 5.95 Å². The minimum absolute atomic E-state index is 0.0796. The highest BCUT2D eigenvalue weighted by Crippen LogP contribution is 2.30. The van der Waals surface area contributed by atoms with Crippen LogP contribution in [-0.4, -0.2) is 34.0 Å². The predicted molar refractivity (Wildman–Crippen MR) is 70.4 cm³/mol. The number of carbonyl (C=O) groups excluding carboxylic acids is 1. The lowest BCUT2D eigenvalue weighted by Gasteiger charge is -2.14.